The topological polar surface area (TPSA) is 35.5 Å². The molecule has 1 heterocycles. The SMILES string of the molecule is CC1CC(CC=O)CC2OCOCC2C1. The summed E-state index contributed by atoms with van der Waals surface area (Å²) in [6.07, 6.45) is 5.45. The zero-order valence-electron chi connectivity index (χ0n) is 9.35. The third kappa shape index (κ3) is 2.79. The number of carbonyl (C=O) groups is 1. The van der Waals surface area contributed by atoms with Crippen LogP contribution in [0, 0.1) is 17.8 Å². The van der Waals surface area contributed by atoms with E-state index in [-0.39, 0.29) is 0 Å². The van der Waals surface area contributed by atoms with Crippen LogP contribution < -0.4 is 0 Å². The Kier molecular flexibility index (Phi) is 3.76. The van der Waals surface area contributed by atoms with Gasteiger partial charge in [-0.05, 0) is 31.1 Å². The van der Waals surface area contributed by atoms with E-state index in [4.69, 9.17) is 9.47 Å². The quantitative estimate of drug-likeness (QED) is 0.657. The van der Waals surface area contributed by atoms with Crippen LogP contribution in [-0.4, -0.2) is 25.8 Å². The molecule has 1 aliphatic heterocycles. The Hall–Kier alpha value is -0.410. The van der Waals surface area contributed by atoms with Crippen LogP contribution in [0.4, 0.5) is 0 Å². The third-order valence-electron chi connectivity index (χ3n) is 3.66. The van der Waals surface area contributed by atoms with Gasteiger partial charge in [-0.25, -0.2) is 0 Å². The Morgan fingerprint density at radius 1 is 1.33 bits per heavy atom. The van der Waals surface area contributed by atoms with Gasteiger partial charge in [0, 0.05) is 12.3 Å². The second-order valence-corrected chi connectivity index (χ2v) is 5.03. The molecule has 1 saturated heterocycles. The summed E-state index contributed by atoms with van der Waals surface area (Å²) in [5, 5.41) is 0. The number of rotatable bonds is 2. The summed E-state index contributed by atoms with van der Waals surface area (Å²) in [5.74, 6) is 1.76. The van der Waals surface area contributed by atoms with E-state index in [9.17, 15) is 4.79 Å². The van der Waals surface area contributed by atoms with Crippen molar-refractivity contribution in [1.29, 1.82) is 0 Å². The molecule has 0 bridgehead atoms. The summed E-state index contributed by atoms with van der Waals surface area (Å²) in [6.45, 7) is 3.54. The van der Waals surface area contributed by atoms with E-state index in [1.54, 1.807) is 0 Å². The molecule has 1 aliphatic carbocycles. The van der Waals surface area contributed by atoms with Crippen LogP contribution in [0.25, 0.3) is 0 Å². The van der Waals surface area contributed by atoms with Crippen LogP contribution in [0.5, 0.6) is 0 Å². The number of ether oxygens (including phenoxy) is 2. The van der Waals surface area contributed by atoms with Crippen LogP contribution >= 0.6 is 0 Å². The molecule has 4 atom stereocenters. The van der Waals surface area contributed by atoms with Crippen molar-refractivity contribution < 1.29 is 14.3 Å². The second-order valence-electron chi connectivity index (χ2n) is 5.03. The van der Waals surface area contributed by atoms with Crippen molar-refractivity contribution >= 4 is 6.29 Å². The molecule has 2 aliphatic rings. The Morgan fingerprint density at radius 3 is 3.00 bits per heavy atom. The number of fused-ring (bicyclic) bond motifs is 1. The fourth-order valence-corrected chi connectivity index (χ4v) is 2.99. The molecule has 2 rings (SSSR count). The van der Waals surface area contributed by atoms with Gasteiger partial charge in [-0.2, -0.15) is 0 Å². The maximum atomic E-state index is 10.6. The number of hydrogen-bond donors (Lipinski definition) is 0. The number of aldehydes is 1. The van der Waals surface area contributed by atoms with E-state index in [1.807, 2.05) is 0 Å². The van der Waals surface area contributed by atoms with E-state index >= 15 is 0 Å². The molecule has 0 amide bonds. The van der Waals surface area contributed by atoms with Gasteiger partial charge in [0.25, 0.3) is 0 Å². The van der Waals surface area contributed by atoms with Crippen LogP contribution in [0.15, 0.2) is 0 Å². The van der Waals surface area contributed by atoms with Crippen LogP contribution in [0.2, 0.25) is 0 Å². The largest absolute Gasteiger partial charge is 0.355 e. The minimum atomic E-state index is 0.327. The first kappa shape index (κ1) is 11.1. The minimum Gasteiger partial charge on any atom is -0.355 e. The Morgan fingerprint density at radius 2 is 2.20 bits per heavy atom. The monoisotopic (exact) mass is 212 g/mol. The molecule has 0 aromatic carbocycles. The Bertz CT molecular complexity index is 217. The molecule has 0 spiro atoms. The van der Waals surface area contributed by atoms with Crippen molar-refractivity contribution in [1.82, 2.24) is 0 Å². The summed E-state index contributed by atoms with van der Waals surface area (Å²) >= 11 is 0. The van der Waals surface area contributed by atoms with E-state index < -0.39 is 0 Å². The van der Waals surface area contributed by atoms with E-state index in [0.29, 0.717) is 37.1 Å². The van der Waals surface area contributed by atoms with Gasteiger partial charge in [0.1, 0.15) is 13.1 Å². The number of hydrogen-bond acceptors (Lipinski definition) is 3. The molecule has 3 nitrogen and oxygen atoms in total. The first-order valence-electron chi connectivity index (χ1n) is 5.92. The zero-order chi connectivity index (χ0) is 10.7. The first-order valence-corrected chi connectivity index (χ1v) is 5.92. The molecule has 15 heavy (non-hydrogen) atoms. The Balaban J connectivity index is 1.99. The fourth-order valence-electron chi connectivity index (χ4n) is 2.99. The summed E-state index contributed by atoms with van der Waals surface area (Å²) in [5.41, 5.74) is 0. The lowest BCUT2D eigenvalue weighted by Gasteiger charge is -2.31. The van der Waals surface area contributed by atoms with Gasteiger partial charge in [-0.15, -0.1) is 0 Å². The predicted octanol–water partition coefficient (Wildman–Crippen LogP) is 2.00. The maximum absolute atomic E-state index is 10.6. The van der Waals surface area contributed by atoms with Gasteiger partial charge >= 0.3 is 0 Å². The minimum absolute atomic E-state index is 0.327. The summed E-state index contributed by atoms with van der Waals surface area (Å²) in [4.78, 5) is 10.6. The predicted molar refractivity (Wildman–Crippen MR) is 56.4 cm³/mol. The van der Waals surface area contributed by atoms with Gasteiger partial charge < -0.3 is 14.3 Å². The molecule has 4 unspecified atom stereocenters. The standard InChI is InChI=1S/C12H20O3/c1-9-4-10(2-3-13)6-12-11(5-9)7-14-8-15-12/h3,9-12H,2,4-8H2,1H3. The van der Waals surface area contributed by atoms with Gasteiger partial charge in [0.2, 0.25) is 0 Å². The van der Waals surface area contributed by atoms with Crippen molar-refractivity contribution in [2.45, 2.75) is 38.7 Å². The summed E-state index contributed by atoms with van der Waals surface area (Å²) in [7, 11) is 0. The van der Waals surface area contributed by atoms with Gasteiger partial charge in [0.15, 0.2) is 0 Å². The van der Waals surface area contributed by atoms with E-state index in [2.05, 4.69) is 6.92 Å². The van der Waals surface area contributed by atoms with E-state index in [0.717, 1.165) is 25.7 Å². The molecular weight excluding hydrogens is 192 g/mol. The average Bonchev–Trinajstić information content (AvgIpc) is 2.35. The van der Waals surface area contributed by atoms with Crippen LogP contribution in [0.1, 0.15) is 32.6 Å². The summed E-state index contributed by atoms with van der Waals surface area (Å²) in [6, 6.07) is 0. The normalized spacial score (nSPS) is 41.7. The lowest BCUT2D eigenvalue weighted by Crippen LogP contribution is -2.34. The van der Waals surface area contributed by atoms with Gasteiger partial charge in [0.05, 0.1) is 12.7 Å². The molecule has 0 aromatic heterocycles. The van der Waals surface area contributed by atoms with Gasteiger partial charge in [-0.3, -0.25) is 0 Å². The van der Waals surface area contributed by atoms with Crippen LogP contribution in [-0.2, 0) is 14.3 Å². The fraction of sp³-hybridized carbons (Fsp3) is 0.917. The van der Waals surface area contributed by atoms with Gasteiger partial charge in [-0.1, -0.05) is 6.92 Å². The highest BCUT2D eigenvalue weighted by Gasteiger charge is 2.33. The van der Waals surface area contributed by atoms with Crippen molar-refractivity contribution in [3.05, 3.63) is 0 Å². The molecule has 0 radical (unpaired) electrons. The smallest absolute Gasteiger partial charge is 0.147 e. The lowest BCUT2D eigenvalue weighted by molar-refractivity contribution is -0.174. The van der Waals surface area contributed by atoms with Crippen molar-refractivity contribution in [3.63, 3.8) is 0 Å². The molecule has 0 aromatic rings. The highest BCUT2D eigenvalue weighted by molar-refractivity contribution is 5.49. The maximum Gasteiger partial charge on any atom is 0.147 e. The zero-order valence-corrected chi connectivity index (χ0v) is 9.35. The third-order valence-corrected chi connectivity index (χ3v) is 3.66. The first-order chi connectivity index (χ1) is 7.29. The van der Waals surface area contributed by atoms with Crippen LogP contribution in [0.3, 0.4) is 0 Å². The Labute approximate surface area is 91.1 Å². The molecule has 86 valence electrons. The molecule has 2 fully saturated rings. The average molecular weight is 212 g/mol. The van der Waals surface area contributed by atoms with Crippen molar-refractivity contribution in [2.75, 3.05) is 13.4 Å². The van der Waals surface area contributed by atoms with Crippen molar-refractivity contribution in [3.8, 4) is 0 Å². The molecule has 1 saturated carbocycles. The second kappa shape index (κ2) is 5.08. The number of carbonyl (C=O) groups excluding carboxylic acids is 1. The summed E-state index contributed by atoms with van der Waals surface area (Å²) < 4.78 is 11.0. The molecule has 0 N–H and O–H groups in total. The molecular formula is C12H20O3. The highest BCUT2D eigenvalue weighted by Crippen LogP contribution is 2.35. The van der Waals surface area contributed by atoms with Crippen molar-refractivity contribution in [2.24, 2.45) is 17.8 Å². The van der Waals surface area contributed by atoms with E-state index in [1.165, 1.54) is 6.42 Å². The highest BCUT2D eigenvalue weighted by atomic mass is 16.7. The lowest BCUT2D eigenvalue weighted by atomic mass is 9.92. The molecule has 3 heteroatoms.